The molecule has 2 fully saturated rings. The van der Waals surface area contributed by atoms with Crippen molar-refractivity contribution in [1.29, 1.82) is 0 Å². The number of benzene rings is 1. The monoisotopic (exact) mass is 383 g/mol. The van der Waals surface area contributed by atoms with Crippen molar-refractivity contribution in [1.82, 2.24) is 24.6 Å². The topological polar surface area (TPSA) is 91.3 Å². The van der Waals surface area contributed by atoms with Gasteiger partial charge < -0.3 is 9.80 Å². The van der Waals surface area contributed by atoms with Gasteiger partial charge in [-0.3, -0.25) is 14.6 Å². The van der Waals surface area contributed by atoms with Crippen LogP contribution < -0.4 is 5.69 Å². The molecular weight excluding hydrogens is 358 g/mol. The van der Waals surface area contributed by atoms with Gasteiger partial charge >= 0.3 is 5.69 Å². The second-order valence-electron chi connectivity index (χ2n) is 7.63. The zero-order chi connectivity index (χ0) is 19.7. The molecule has 2 aromatic rings. The molecule has 3 heterocycles. The normalized spacial score (nSPS) is 22.2. The number of nitrogens with zero attached hydrogens (tertiary/aromatic N) is 4. The highest BCUT2D eigenvalue weighted by molar-refractivity contribution is 5.97. The summed E-state index contributed by atoms with van der Waals surface area (Å²) in [5.41, 5.74) is -0.0446. The molecule has 1 aromatic carbocycles. The van der Waals surface area contributed by atoms with Crippen molar-refractivity contribution in [3.05, 3.63) is 52.2 Å². The zero-order valence-corrected chi connectivity index (χ0v) is 16.1. The Morgan fingerprint density at radius 1 is 1.14 bits per heavy atom. The number of likely N-dealkylation sites (tertiary alicyclic amines) is 2. The third-order valence-electron chi connectivity index (χ3n) is 5.92. The summed E-state index contributed by atoms with van der Waals surface area (Å²) in [6.07, 6.45) is 3.77. The van der Waals surface area contributed by atoms with Gasteiger partial charge in [0.15, 0.2) is 0 Å². The fraction of sp³-hybridized carbons (Fsp3) is 0.500. The zero-order valence-electron chi connectivity index (χ0n) is 16.1. The SMILES string of the molecule is Cn1nc(C(=O)N2CCCC23CCCN(CCc2ccccc2)C3=O)[nH]c1=O. The Morgan fingerprint density at radius 2 is 1.86 bits per heavy atom. The Balaban J connectivity index is 1.53. The fourth-order valence-corrected chi connectivity index (χ4v) is 4.47. The summed E-state index contributed by atoms with van der Waals surface area (Å²) in [6, 6.07) is 10.1. The molecule has 2 aliphatic rings. The lowest BCUT2D eigenvalue weighted by atomic mass is 9.85. The number of piperidine rings is 1. The molecule has 0 radical (unpaired) electrons. The predicted molar refractivity (Wildman–Crippen MR) is 103 cm³/mol. The van der Waals surface area contributed by atoms with Gasteiger partial charge in [0.2, 0.25) is 11.7 Å². The summed E-state index contributed by atoms with van der Waals surface area (Å²) in [4.78, 5) is 44.1. The van der Waals surface area contributed by atoms with Crippen LogP contribution in [0.5, 0.6) is 0 Å². The third-order valence-corrected chi connectivity index (χ3v) is 5.92. The number of aromatic nitrogens is 3. The fourth-order valence-electron chi connectivity index (χ4n) is 4.47. The molecular formula is C20H25N5O3. The summed E-state index contributed by atoms with van der Waals surface area (Å²) in [6.45, 7) is 1.87. The second-order valence-corrected chi connectivity index (χ2v) is 7.63. The number of rotatable bonds is 4. The van der Waals surface area contributed by atoms with Crippen LogP contribution >= 0.6 is 0 Å². The van der Waals surface area contributed by atoms with E-state index in [0.717, 1.165) is 30.5 Å². The van der Waals surface area contributed by atoms with Crippen molar-refractivity contribution in [3.63, 3.8) is 0 Å². The van der Waals surface area contributed by atoms with Gasteiger partial charge in [-0.15, -0.1) is 5.10 Å². The van der Waals surface area contributed by atoms with Crippen molar-refractivity contribution in [2.45, 2.75) is 37.6 Å². The first-order valence-corrected chi connectivity index (χ1v) is 9.80. The number of aryl methyl sites for hydroxylation is 1. The highest BCUT2D eigenvalue weighted by Gasteiger charge is 2.53. The molecule has 8 nitrogen and oxygen atoms in total. The Kier molecular flexibility index (Phi) is 4.78. The van der Waals surface area contributed by atoms with Crippen LogP contribution in [0, 0.1) is 0 Å². The van der Waals surface area contributed by atoms with E-state index in [4.69, 9.17) is 0 Å². The summed E-state index contributed by atoms with van der Waals surface area (Å²) < 4.78 is 1.10. The highest BCUT2D eigenvalue weighted by atomic mass is 16.2. The molecule has 2 amide bonds. The van der Waals surface area contributed by atoms with Crippen LogP contribution in [-0.4, -0.2) is 61.6 Å². The van der Waals surface area contributed by atoms with E-state index in [0.29, 0.717) is 25.9 Å². The maximum atomic E-state index is 13.4. The molecule has 1 atom stereocenters. The summed E-state index contributed by atoms with van der Waals surface area (Å²) >= 11 is 0. The van der Waals surface area contributed by atoms with Gasteiger partial charge in [0.1, 0.15) is 5.54 Å². The van der Waals surface area contributed by atoms with Gasteiger partial charge in [0.05, 0.1) is 0 Å². The van der Waals surface area contributed by atoms with Gasteiger partial charge in [-0.05, 0) is 37.7 Å². The van der Waals surface area contributed by atoms with Crippen LogP contribution in [0.25, 0.3) is 0 Å². The lowest BCUT2D eigenvalue weighted by Crippen LogP contribution is -2.61. The van der Waals surface area contributed by atoms with E-state index in [1.807, 2.05) is 23.1 Å². The minimum Gasteiger partial charge on any atom is -0.340 e. The minimum atomic E-state index is -0.805. The molecule has 1 N–H and O–H groups in total. The molecule has 1 unspecified atom stereocenters. The second kappa shape index (κ2) is 7.26. The molecule has 0 saturated carbocycles. The third kappa shape index (κ3) is 3.12. The number of nitrogens with one attached hydrogen (secondary N) is 1. The largest absolute Gasteiger partial charge is 0.343 e. The number of carbonyl (C=O) groups is 2. The molecule has 1 aromatic heterocycles. The minimum absolute atomic E-state index is 0.00276. The average molecular weight is 383 g/mol. The Labute approximate surface area is 163 Å². The van der Waals surface area contributed by atoms with Crippen LogP contribution in [0.4, 0.5) is 0 Å². The van der Waals surface area contributed by atoms with Gasteiger partial charge in [0.25, 0.3) is 5.91 Å². The van der Waals surface area contributed by atoms with Crippen molar-refractivity contribution in [3.8, 4) is 0 Å². The van der Waals surface area contributed by atoms with Crippen molar-refractivity contribution < 1.29 is 9.59 Å². The van der Waals surface area contributed by atoms with Crippen molar-refractivity contribution >= 4 is 11.8 Å². The van der Waals surface area contributed by atoms with Gasteiger partial charge in [-0.2, -0.15) is 0 Å². The highest BCUT2D eigenvalue weighted by Crippen LogP contribution is 2.38. The quantitative estimate of drug-likeness (QED) is 0.851. The number of amides is 2. The Hall–Kier alpha value is -2.90. The number of H-pyrrole nitrogens is 1. The summed E-state index contributed by atoms with van der Waals surface area (Å²) in [7, 11) is 1.49. The molecule has 2 saturated heterocycles. The number of carbonyl (C=O) groups excluding carboxylic acids is 2. The van der Waals surface area contributed by atoms with E-state index < -0.39 is 11.2 Å². The average Bonchev–Trinajstić information content (AvgIpc) is 3.27. The number of hydrogen-bond donors (Lipinski definition) is 1. The van der Waals surface area contributed by atoms with E-state index in [1.165, 1.54) is 12.6 Å². The summed E-state index contributed by atoms with van der Waals surface area (Å²) in [5, 5.41) is 3.99. The molecule has 0 aliphatic carbocycles. The maximum Gasteiger partial charge on any atom is 0.343 e. The molecule has 0 bridgehead atoms. The molecule has 28 heavy (non-hydrogen) atoms. The van der Waals surface area contributed by atoms with Crippen LogP contribution in [-0.2, 0) is 18.3 Å². The first-order chi connectivity index (χ1) is 13.5. The smallest absolute Gasteiger partial charge is 0.340 e. The molecule has 148 valence electrons. The maximum absolute atomic E-state index is 13.4. The first-order valence-electron chi connectivity index (χ1n) is 9.80. The lowest BCUT2D eigenvalue weighted by Gasteiger charge is -2.44. The van der Waals surface area contributed by atoms with Crippen LogP contribution in [0.15, 0.2) is 35.1 Å². The first kappa shape index (κ1) is 18.5. The molecule has 4 rings (SSSR count). The van der Waals surface area contributed by atoms with Crippen LogP contribution in [0.2, 0.25) is 0 Å². The molecule has 1 spiro atoms. The van der Waals surface area contributed by atoms with E-state index >= 15 is 0 Å². The van der Waals surface area contributed by atoms with Crippen molar-refractivity contribution in [2.75, 3.05) is 19.6 Å². The predicted octanol–water partition coefficient (Wildman–Crippen LogP) is 0.948. The lowest BCUT2D eigenvalue weighted by molar-refractivity contribution is -0.145. The van der Waals surface area contributed by atoms with Gasteiger partial charge in [0, 0.05) is 26.7 Å². The van der Waals surface area contributed by atoms with Crippen LogP contribution in [0.3, 0.4) is 0 Å². The number of hydrogen-bond acceptors (Lipinski definition) is 4. The van der Waals surface area contributed by atoms with Crippen LogP contribution in [0.1, 0.15) is 41.9 Å². The van der Waals surface area contributed by atoms with E-state index in [-0.39, 0.29) is 17.6 Å². The van der Waals surface area contributed by atoms with E-state index in [2.05, 4.69) is 22.2 Å². The molecule has 8 heteroatoms. The number of aromatic amines is 1. The molecule has 2 aliphatic heterocycles. The Bertz CT molecular complexity index is 935. The standard InChI is InChI=1S/C20H25N5O3/c1-23-19(28)21-16(22-23)17(26)25-13-6-11-20(25)10-5-12-24(18(20)27)14-9-15-7-3-2-4-8-15/h2-4,7-8H,5-6,9-14H2,1H3,(H,21,22,28). The Morgan fingerprint density at radius 3 is 2.54 bits per heavy atom. The van der Waals surface area contributed by atoms with Gasteiger partial charge in [-0.1, -0.05) is 30.3 Å². The van der Waals surface area contributed by atoms with E-state index in [1.54, 1.807) is 4.90 Å². The van der Waals surface area contributed by atoms with Gasteiger partial charge in [-0.25, -0.2) is 9.48 Å². The van der Waals surface area contributed by atoms with E-state index in [9.17, 15) is 14.4 Å². The summed E-state index contributed by atoms with van der Waals surface area (Å²) in [5.74, 6) is -0.338. The van der Waals surface area contributed by atoms with Crippen molar-refractivity contribution in [2.24, 2.45) is 7.05 Å².